The number of rotatable bonds is 9. The highest BCUT2D eigenvalue weighted by atomic mass is 19.3. The van der Waals surface area contributed by atoms with Gasteiger partial charge in [-0.05, 0) is 42.4 Å². The highest BCUT2D eigenvalue weighted by molar-refractivity contribution is 5.93. The van der Waals surface area contributed by atoms with Crippen molar-refractivity contribution in [2.24, 2.45) is 0 Å². The standard InChI is InChI=1S/C21H25F2N3O3/c1-24-20(28)17-8-4-15(5-9-17)12-25(2)14-19(27)26(3)13-16-6-10-18(11-7-16)29-21(22)23/h4-11,21H,12-14H2,1-3H3,(H,24,28). The molecule has 0 saturated heterocycles. The second kappa shape index (κ2) is 10.5. The van der Waals surface area contributed by atoms with Crippen molar-refractivity contribution >= 4 is 11.8 Å². The Kier molecular flexibility index (Phi) is 8.09. The Bertz CT molecular complexity index is 811. The zero-order valence-corrected chi connectivity index (χ0v) is 16.7. The van der Waals surface area contributed by atoms with E-state index in [-0.39, 0.29) is 24.1 Å². The predicted molar refractivity (Wildman–Crippen MR) is 106 cm³/mol. The molecule has 0 bridgehead atoms. The molecule has 0 radical (unpaired) electrons. The van der Waals surface area contributed by atoms with Crippen LogP contribution in [0.1, 0.15) is 21.5 Å². The van der Waals surface area contributed by atoms with E-state index in [4.69, 9.17) is 0 Å². The molecule has 0 spiro atoms. The van der Waals surface area contributed by atoms with Crippen LogP contribution in [0.25, 0.3) is 0 Å². The topological polar surface area (TPSA) is 61.9 Å². The Morgan fingerprint density at radius 2 is 1.52 bits per heavy atom. The fourth-order valence-electron chi connectivity index (χ4n) is 2.76. The summed E-state index contributed by atoms with van der Waals surface area (Å²) in [5.74, 6) is -0.127. The highest BCUT2D eigenvalue weighted by Crippen LogP contribution is 2.16. The minimum Gasteiger partial charge on any atom is -0.435 e. The Hall–Kier alpha value is -3.00. The number of alkyl halides is 2. The van der Waals surface area contributed by atoms with Gasteiger partial charge in [-0.3, -0.25) is 14.5 Å². The van der Waals surface area contributed by atoms with E-state index in [0.717, 1.165) is 11.1 Å². The van der Waals surface area contributed by atoms with Gasteiger partial charge in [0.1, 0.15) is 5.75 Å². The first-order valence-electron chi connectivity index (χ1n) is 9.05. The third kappa shape index (κ3) is 7.15. The quantitative estimate of drug-likeness (QED) is 0.697. The SMILES string of the molecule is CNC(=O)c1ccc(CN(C)CC(=O)N(C)Cc2ccc(OC(F)F)cc2)cc1. The van der Waals surface area contributed by atoms with Gasteiger partial charge in [0.2, 0.25) is 5.91 Å². The molecule has 0 atom stereocenters. The van der Waals surface area contributed by atoms with E-state index in [1.54, 1.807) is 43.3 Å². The minimum atomic E-state index is -2.86. The lowest BCUT2D eigenvalue weighted by molar-refractivity contribution is -0.131. The van der Waals surface area contributed by atoms with Gasteiger partial charge in [0, 0.05) is 32.7 Å². The van der Waals surface area contributed by atoms with Gasteiger partial charge in [-0.1, -0.05) is 24.3 Å². The molecule has 2 amide bonds. The molecule has 0 aliphatic rings. The molecule has 2 aromatic rings. The van der Waals surface area contributed by atoms with Crippen LogP contribution in [0.2, 0.25) is 0 Å². The average Bonchev–Trinajstić information content (AvgIpc) is 2.68. The van der Waals surface area contributed by atoms with Gasteiger partial charge >= 0.3 is 6.61 Å². The van der Waals surface area contributed by atoms with Crippen LogP contribution in [0.15, 0.2) is 48.5 Å². The molecule has 0 heterocycles. The summed E-state index contributed by atoms with van der Waals surface area (Å²) >= 11 is 0. The summed E-state index contributed by atoms with van der Waals surface area (Å²) in [6.45, 7) is -1.71. The summed E-state index contributed by atoms with van der Waals surface area (Å²) in [6.07, 6.45) is 0. The predicted octanol–water partition coefficient (Wildman–Crippen LogP) is 2.74. The van der Waals surface area contributed by atoms with Crippen molar-refractivity contribution in [3.05, 3.63) is 65.2 Å². The van der Waals surface area contributed by atoms with Crippen LogP contribution in [0.4, 0.5) is 8.78 Å². The summed E-state index contributed by atoms with van der Waals surface area (Å²) in [6, 6.07) is 13.4. The molecule has 8 heteroatoms. The van der Waals surface area contributed by atoms with Crippen LogP contribution in [0, 0.1) is 0 Å². The molecule has 29 heavy (non-hydrogen) atoms. The lowest BCUT2D eigenvalue weighted by Gasteiger charge is -2.22. The van der Waals surface area contributed by atoms with Crippen molar-refractivity contribution in [3.8, 4) is 5.75 Å². The molecular weight excluding hydrogens is 380 g/mol. The van der Waals surface area contributed by atoms with Crippen molar-refractivity contribution in [2.45, 2.75) is 19.7 Å². The molecule has 1 N–H and O–H groups in total. The smallest absolute Gasteiger partial charge is 0.387 e. The van der Waals surface area contributed by atoms with Crippen molar-refractivity contribution in [1.82, 2.24) is 15.1 Å². The lowest BCUT2D eigenvalue weighted by atomic mass is 10.1. The van der Waals surface area contributed by atoms with Gasteiger partial charge < -0.3 is 15.0 Å². The van der Waals surface area contributed by atoms with Crippen molar-refractivity contribution < 1.29 is 23.1 Å². The Balaban J connectivity index is 1.84. The van der Waals surface area contributed by atoms with E-state index in [1.165, 1.54) is 12.1 Å². The third-order valence-corrected chi connectivity index (χ3v) is 4.29. The first-order chi connectivity index (χ1) is 13.8. The Labute approximate surface area is 169 Å². The number of ether oxygens (including phenoxy) is 1. The maximum absolute atomic E-state index is 12.5. The van der Waals surface area contributed by atoms with Crippen LogP contribution in [0.5, 0.6) is 5.75 Å². The molecule has 0 unspecified atom stereocenters. The number of benzene rings is 2. The number of hydrogen-bond donors (Lipinski definition) is 1. The van der Waals surface area contributed by atoms with Crippen LogP contribution < -0.4 is 10.1 Å². The maximum Gasteiger partial charge on any atom is 0.387 e. The maximum atomic E-state index is 12.5. The van der Waals surface area contributed by atoms with Crippen LogP contribution >= 0.6 is 0 Å². The van der Waals surface area contributed by atoms with Crippen molar-refractivity contribution in [1.29, 1.82) is 0 Å². The molecule has 0 fully saturated rings. The van der Waals surface area contributed by atoms with Gasteiger partial charge in [-0.2, -0.15) is 8.78 Å². The number of amides is 2. The summed E-state index contributed by atoms with van der Waals surface area (Å²) in [7, 11) is 5.12. The highest BCUT2D eigenvalue weighted by Gasteiger charge is 2.13. The van der Waals surface area contributed by atoms with Gasteiger partial charge in [-0.25, -0.2) is 0 Å². The molecule has 0 aliphatic carbocycles. The van der Waals surface area contributed by atoms with E-state index >= 15 is 0 Å². The Morgan fingerprint density at radius 1 is 0.966 bits per heavy atom. The number of nitrogens with one attached hydrogen (secondary N) is 1. The molecule has 0 saturated carbocycles. The van der Waals surface area contributed by atoms with E-state index in [2.05, 4.69) is 10.1 Å². The molecule has 0 aromatic heterocycles. The van der Waals surface area contributed by atoms with Gasteiger partial charge in [0.25, 0.3) is 5.91 Å². The van der Waals surface area contributed by atoms with Gasteiger partial charge in [-0.15, -0.1) is 0 Å². The second-order valence-electron chi connectivity index (χ2n) is 6.72. The largest absolute Gasteiger partial charge is 0.435 e. The summed E-state index contributed by atoms with van der Waals surface area (Å²) < 4.78 is 28.7. The molecule has 0 aliphatic heterocycles. The van der Waals surface area contributed by atoms with E-state index in [1.807, 2.05) is 24.1 Å². The van der Waals surface area contributed by atoms with Crippen LogP contribution in [0.3, 0.4) is 0 Å². The van der Waals surface area contributed by atoms with E-state index in [9.17, 15) is 18.4 Å². The number of carbonyl (C=O) groups is 2. The summed E-state index contributed by atoms with van der Waals surface area (Å²) in [5, 5.41) is 2.57. The number of nitrogens with zero attached hydrogens (tertiary/aromatic N) is 2. The van der Waals surface area contributed by atoms with E-state index in [0.29, 0.717) is 18.7 Å². The van der Waals surface area contributed by atoms with Crippen LogP contribution in [-0.4, -0.2) is 55.9 Å². The number of hydrogen-bond acceptors (Lipinski definition) is 4. The summed E-state index contributed by atoms with van der Waals surface area (Å²) in [5.41, 5.74) is 2.39. The first kappa shape index (κ1) is 22.3. The molecular formula is C21H25F2N3O3. The number of carbonyl (C=O) groups excluding carboxylic acids is 2. The molecule has 156 valence electrons. The van der Waals surface area contributed by atoms with Crippen molar-refractivity contribution in [3.63, 3.8) is 0 Å². The Morgan fingerprint density at radius 3 is 2.07 bits per heavy atom. The number of halogens is 2. The fourth-order valence-corrected chi connectivity index (χ4v) is 2.76. The molecule has 2 aromatic carbocycles. The third-order valence-electron chi connectivity index (χ3n) is 4.29. The monoisotopic (exact) mass is 405 g/mol. The number of likely N-dealkylation sites (N-methyl/N-ethyl adjacent to an activating group) is 2. The normalized spacial score (nSPS) is 10.9. The minimum absolute atomic E-state index is 0.0672. The molecule has 2 rings (SSSR count). The lowest BCUT2D eigenvalue weighted by Crippen LogP contribution is -2.36. The van der Waals surface area contributed by atoms with E-state index < -0.39 is 6.61 Å². The zero-order chi connectivity index (χ0) is 21.4. The van der Waals surface area contributed by atoms with Gasteiger partial charge in [0.15, 0.2) is 0 Å². The van der Waals surface area contributed by atoms with Crippen molar-refractivity contribution in [2.75, 3.05) is 27.7 Å². The van der Waals surface area contributed by atoms with Crippen LogP contribution in [-0.2, 0) is 17.9 Å². The molecule has 6 nitrogen and oxygen atoms in total. The summed E-state index contributed by atoms with van der Waals surface area (Å²) in [4.78, 5) is 27.5. The van der Waals surface area contributed by atoms with Gasteiger partial charge in [0.05, 0.1) is 6.54 Å². The average molecular weight is 405 g/mol. The zero-order valence-electron chi connectivity index (χ0n) is 16.7. The fraction of sp³-hybridized carbons (Fsp3) is 0.333. The second-order valence-corrected chi connectivity index (χ2v) is 6.72. The first-order valence-corrected chi connectivity index (χ1v) is 9.05.